The molecule has 1 aromatic heterocycles. The first-order valence-corrected chi connectivity index (χ1v) is 5.68. The molecule has 1 atom stereocenters. The van der Waals surface area contributed by atoms with Gasteiger partial charge < -0.3 is 5.32 Å². The van der Waals surface area contributed by atoms with Crippen molar-refractivity contribution in [1.82, 2.24) is 5.32 Å². The van der Waals surface area contributed by atoms with E-state index in [-0.39, 0.29) is 0 Å². The number of nitrogens with zero attached hydrogens (tertiary/aromatic N) is 1. The monoisotopic (exact) mass is 258 g/mol. The minimum Gasteiger partial charge on any atom is -0.312 e. The second-order valence-electron chi connectivity index (χ2n) is 2.68. The van der Waals surface area contributed by atoms with Crippen LogP contribution >= 0.6 is 27.3 Å². The summed E-state index contributed by atoms with van der Waals surface area (Å²) in [5.41, 5.74) is 0. The lowest BCUT2D eigenvalue weighted by Crippen LogP contribution is -2.14. The van der Waals surface area contributed by atoms with Gasteiger partial charge in [-0.05, 0) is 41.5 Å². The molecule has 0 bridgehead atoms. The van der Waals surface area contributed by atoms with Gasteiger partial charge in [-0.2, -0.15) is 5.26 Å². The van der Waals surface area contributed by atoms with E-state index < -0.39 is 0 Å². The van der Waals surface area contributed by atoms with Crippen LogP contribution in [-0.4, -0.2) is 7.05 Å². The Kier molecular flexibility index (Phi) is 4.43. The summed E-state index contributed by atoms with van der Waals surface area (Å²) < 4.78 is 1.14. The topological polar surface area (TPSA) is 35.8 Å². The number of hydrogen-bond donors (Lipinski definition) is 1. The van der Waals surface area contributed by atoms with E-state index in [0.717, 1.165) is 10.2 Å². The first kappa shape index (κ1) is 10.7. The number of hydrogen-bond acceptors (Lipinski definition) is 3. The molecule has 13 heavy (non-hydrogen) atoms. The zero-order chi connectivity index (χ0) is 9.68. The van der Waals surface area contributed by atoms with Crippen LogP contribution in [0.15, 0.2) is 15.9 Å². The molecule has 1 unspecified atom stereocenters. The quantitative estimate of drug-likeness (QED) is 0.901. The molecule has 1 heterocycles. The van der Waals surface area contributed by atoms with Crippen LogP contribution in [0, 0.1) is 11.3 Å². The summed E-state index contributed by atoms with van der Waals surface area (Å²) in [4.78, 5) is 1.28. The van der Waals surface area contributed by atoms with E-state index in [1.165, 1.54) is 4.88 Å². The molecule has 0 saturated heterocycles. The lowest BCUT2D eigenvalue weighted by Gasteiger charge is -2.11. The summed E-state index contributed by atoms with van der Waals surface area (Å²) >= 11 is 5.14. The Morgan fingerprint density at radius 1 is 1.69 bits per heavy atom. The predicted molar refractivity (Wildman–Crippen MR) is 58.7 cm³/mol. The number of halogens is 1. The highest BCUT2D eigenvalue weighted by atomic mass is 79.9. The van der Waals surface area contributed by atoms with E-state index in [2.05, 4.69) is 33.4 Å². The third-order valence-corrected chi connectivity index (χ3v) is 3.57. The van der Waals surface area contributed by atoms with Gasteiger partial charge >= 0.3 is 0 Å². The lowest BCUT2D eigenvalue weighted by atomic mass is 10.1. The molecular formula is C9H11BrN2S. The molecule has 0 amide bonds. The minimum absolute atomic E-state index is 0.316. The van der Waals surface area contributed by atoms with Crippen LogP contribution in [0.4, 0.5) is 0 Å². The zero-order valence-corrected chi connectivity index (χ0v) is 9.78. The van der Waals surface area contributed by atoms with Gasteiger partial charge in [0.15, 0.2) is 0 Å². The molecule has 1 rings (SSSR count). The van der Waals surface area contributed by atoms with Crippen LogP contribution < -0.4 is 5.32 Å². The molecule has 0 aliphatic rings. The Labute approximate surface area is 90.7 Å². The highest BCUT2D eigenvalue weighted by molar-refractivity contribution is 9.11. The Morgan fingerprint density at radius 3 is 2.92 bits per heavy atom. The molecule has 0 fully saturated rings. The maximum absolute atomic E-state index is 8.48. The summed E-state index contributed by atoms with van der Waals surface area (Å²) in [5.74, 6) is 0. The fraction of sp³-hybridized carbons (Fsp3) is 0.444. The Balaban J connectivity index is 2.62. The fourth-order valence-corrected chi connectivity index (χ4v) is 2.72. The minimum atomic E-state index is 0.316. The normalized spacial score (nSPS) is 12.4. The van der Waals surface area contributed by atoms with Crippen molar-refractivity contribution in [3.05, 3.63) is 20.8 Å². The van der Waals surface area contributed by atoms with Gasteiger partial charge in [-0.15, -0.1) is 11.3 Å². The molecule has 2 nitrogen and oxygen atoms in total. The van der Waals surface area contributed by atoms with E-state index in [4.69, 9.17) is 5.26 Å². The molecule has 0 spiro atoms. The van der Waals surface area contributed by atoms with Crippen LogP contribution in [0.3, 0.4) is 0 Å². The van der Waals surface area contributed by atoms with Gasteiger partial charge in [0.1, 0.15) is 0 Å². The van der Waals surface area contributed by atoms with Gasteiger partial charge in [0.25, 0.3) is 0 Å². The van der Waals surface area contributed by atoms with Crippen molar-refractivity contribution in [1.29, 1.82) is 5.26 Å². The van der Waals surface area contributed by atoms with Crippen molar-refractivity contribution in [2.75, 3.05) is 7.05 Å². The van der Waals surface area contributed by atoms with Crippen molar-refractivity contribution in [3.63, 3.8) is 0 Å². The number of nitriles is 1. The average Bonchev–Trinajstić information content (AvgIpc) is 2.54. The van der Waals surface area contributed by atoms with Crippen LogP contribution in [0.2, 0.25) is 0 Å². The maximum atomic E-state index is 8.48. The Hall–Kier alpha value is -0.370. The fourth-order valence-electron chi connectivity index (χ4n) is 1.15. The Bertz CT molecular complexity index is 303. The standard InChI is InChI=1S/C9H11BrN2S/c1-12-7(3-2-6-11)8-4-5-9(10)13-8/h4-5,7,12H,2-3H2,1H3. The average molecular weight is 259 g/mol. The van der Waals surface area contributed by atoms with Crippen LogP contribution in [-0.2, 0) is 0 Å². The highest BCUT2D eigenvalue weighted by Gasteiger charge is 2.10. The maximum Gasteiger partial charge on any atom is 0.0701 e. The molecule has 0 aliphatic heterocycles. The van der Waals surface area contributed by atoms with Gasteiger partial charge in [-0.1, -0.05) is 0 Å². The lowest BCUT2D eigenvalue weighted by molar-refractivity contribution is 0.566. The van der Waals surface area contributed by atoms with Crippen molar-refractivity contribution in [3.8, 4) is 6.07 Å². The number of thiophene rings is 1. The van der Waals surface area contributed by atoms with E-state index >= 15 is 0 Å². The van der Waals surface area contributed by atoms with E-state index in [1.807, 2.05) is 13.1 Å². The van der Waals surface area contributed by atoms with Crippen molar-refractivity contribution in [2.45, 2.75) is 18.9 Å². The molecule has 0 aliphatic carbocycles. The third kappa shape index (κ3) is 3.11. The molecule has 4 heteroatoms. The Morgan fingerprint density at radius 2 is 2.46 bits per heavy atom. The molecule has 0 radical (unpaired) electrons. The summed E-state index contributed by atoms with van der Waals surface area (Å²) in [6.07, 6.45) is 1.47. The molecule has 1 N–H and O–H groups in total. The number of nitrogens with one attached hydrogen (secondary N) is 1. The van der Waals surface area contributed by atoms with E-state index in [1.54, 1.807) is 11.3 Å². The van der Waals surface area contributed by atoms with Gasteiger partial charge in [-0.3, -0.25) is 0 Å². The highest BCUT2D eigenvalue weighted by Crippen LogP contribution is 2.29. The summed E-state index contributed by atoms with van der Waals surface area (Å²) in [5, 5.41) is 11.7. The largest absolute Gasteiger partial charge is 0.312 e. The number of rotatable bonds is 4. The second kappa shape index (κ2) is 5.38. The van der Waals surface area contributed by atoms with E-state index in [9.17, 15) is 0 Å². The van der Waals surface area contributed by atoms with Crippen LogP contribution in [0.5, 0.6) is 0 Å². The second-order valence-corrected chi connectivity index (χ2v) is 5.17. The van der Waals surface area contributed by atoms with Crippen LogP contribution in [0.1, 0.15) is 23.8 Å². The molecule has 70 valence electrons. The third-order valence-electron chi connectivity index (χ3n) is 1.83. The summed E-state index contributed by atoms with van der Waals surface area (Å²) in [6.45, 7) is 0. The molecule has 0 saturated carbocycles. The smallest absolute Gasteiger partial charge is 0.0701 e. The van der Waals surface area contributed by atoms with E-state index in [0.29, 0.717) is 12.5 Å². The van der Waals surface area contributed by atoms with Gasteiger partial charge in [-0.25, -0.2) is 0 Å². The SMILES string of the molecule is CNC(CCC#N)c1ccc(Br)s1. The van der Waals surface area contributed by atoms with Crippen LogP contribution in [0.25, 0.3) is 0 Å². The van der Waals surface area contributed by atoms with Gasteiger partial charge in [0, 0.05) is 17.3 Å². The van der Waals surface area contributed by atoms with Gasteiger partial charge in [0.2, 0.25) is 0 Å². The zero-order valence-electron chi connectivity index (χ0n) is 7.38. The van der Waals surface area contributed by atoms with Crippen molar-refractivity contribution in [2.24, 2.45) is 0 Å². The van der Waals surface area contributed by atoms with Gasteiger partial charge in [0.05, 0.1) is 9.86 Å². The predicted octanol–water partition coefficient (Wildman–Crippen LogP) is 3.07. The molecule has 0 aromatic carbocycles. The summed E-state index contributed by atoms with van der Waals surface area (Å²) in [7, 11) is 1.93. The first-order valence-electron chi connectivity index (χ1n) is 4.07. The van der Waals surface area contributed by atoms with Crippen molar-refractivity contribution < 1.29 is 0 Å². The first-order chi connectivity index (χ1) is 6.27. The van der Waals surface area contributed by atoms with Crippen molar-refractivity contribution >= 4 is 27.3 Å². The summed E-state index contributed by atoms with van der Waals surface area (Å²) in [6, 6.07) is 6.61. The molecular weight excluding hydrogens is 248 g/mol. The molecule has 1 aromatic rings.